The average molecular weight is 468 g/mol. The van der Waals surface area contributed by atoms with Crippen LogP contribution >= 0.6 is 0 Å². The minimum Gasteiger partial charge on any atom is -0.377 e. The molecule has 1 heterocycles. The summed E-state index contributed by atoms with van der Waals surface area (Å²) in [6.45, 7) is 16.9. The third kappa shape index (κ3) is 8.57. The van der Waals surface area contributed by atoms with Gasteiger partial charge in [0.15, 0.2) is 0 Å². The molecule has 1 aliphatic heterocycles. The highest BCUT2D eigenvalue weighted by Gasteiger charge is 2.54. The molecule has 1 saturated heterocycles. The van der Waals surface area contributed by atoms with E-state index in [4.69, 9.17) is 31.3 Å². The molecule has 180 valence electrons. The molecule has 0 saturated carbocycles. The van der Waals surface area contributed by atoms with Crippen LogP contribution in [0.15, 0.2) is 0 Å². The van der Waals surface area contributed by atoms with Crippen LogP contribution in [0.4, 0.5) is 0 Å². The molecule has 1 N–H and O–H groups in total. The summed E-state index contributed by atoms with van der Waals surface area (Å²) < 4.78 is 42.6. The number of hydrogen-bond acceptors (Lipinski definition) is 8. The molecule has 1 fully saturated rings. The Kier molecular flexibility index (Phi) is 14.9. The quantitative estimate of drug-likeness (QED) is 0.243. The zero-order valence-electron chi connectivity index (χ0n) is 20.0. The topological polar surface area (TPSA) is 76.6 Å². The van der Waals surface area contributed by atoms with Gasteiger partial charge in [0.2, 0.25) is 0 Å². The molecule has 2 unspecified atom stereocenters. The standard InChI is InChI=1S/C20H45NO7Si2/c1-7-23-29(24-8-2,25-9-3)18-14-17-22-19-15-13-16-21-20(19)30(26-10-4,27-11-5)28-12-6/h19-21H,7-18H2,1-6H3. The van der Waals surface area contributed by atoms with E-state index in [9.17, 15) is 0 Å². The minimum atomic E-state index is -2.89. The Morgan fingerprint density at radius 1 is 0.733 bits per heavy atom. The first-order chi connectivity index (χ1) is 14.6. The lowest BCUT2D eigenvalue weighted by atomic mass is 10.1. The van der Waals surface area contributed by atoms with Crippen LogP contribution in [-0.4, -0.2) is 82.2 Å². The van der Waals surface area contributed by atoms with Crippen LogP contribution in [0.3, 0.4) is 0 Å². The van der Waals surface area contributed by atoms with E-state index in [1.165, 1.54) is 0 Å². The van der Waals surface area contributed by atoms with E-state index >= 15 is 0 Å². The predicted molar refractivity (Wildman–Crippen MR) is 121 cm³/mol. The second-order valence-corrected chi connectivity index (χ2v) is 12.4. The first-order valence-electron chi connectivity index (χ1n) is 11.7. The largest absolute Gasteiger partial charge is 0.521 e. The third-order valence-corrected chi connectivity index (χ3v) is 11.4. The van der Waals surface area contributed by atoms with Gasteiger partial charge in [0, 0.05) is 52.3 Å². The van der Waals surface area contributed by atoms with Crippen LogP contribution in [0.25, 0.3) is 0 Å². The smallest absolute Gasteiger partial charge is 0.377 e. The Bertz CT molecular complexity index is 400. The lowest BCUT2D eigenvalue weighted by Crippen LogP contribution is -2.68. The maximum absolute atomic E-state index is 6.36. The minimum absolute atomic E-state index is 0.00239. The summed E-state index contributed by atoms with van der Waals surface area (Å²) in [6, 6.07) is 0.748. The van der Waals surface area contributed by atoms with Gasteiger partial charge in [0.1, 0.15) is 5.67 Å². The van der Waals surface area contributed by atoms with E-state index in [0.717, 1.165) is 31.9 Å². The Balaban J connectivity index is 2.76. The van der Waals surface area contributed by atoms with Crippen LogP contribution in [0.1, 0.15) is 60.8 Å². The van der Waals surface area contributed by atoms with Gasteiger partial charge < -0.3 is 36.6 Å². The Morgan fingerprint density at radius 3 is 1.70 bits per heavy atom. The Labute approximate surface area is 186 Å². The van der Waals surface area contributed by atoms with E-state index in [-0.39, 0.29) is 11.8 Å². The molecule has 1 rings (SSSR count). The molecular formula is C20H45NO7Si2. The first-order valence-corrected chi connectivity index (χ1v) is 15.5. The van der Waals surface area contributed by atoms with Gasteiger partial charge >= 0.3 is 17.6 Å². The van der Waals surface area contributed by atoms with Crippen LogP contribution in [0.5, 0.6) is 0 Å². The normalized spacial score (nSPS) is 20.6. The third-order valence-electron chi connectivity index (χ3n) is 4.87. The molecule has 2 atom stereocenters. The van der Waals surface area contributed by atoms with Crippen molar-refractivity contribution in [3.8, 4) is 0 Å². The molecule has 0 aromatic carbocycles. The van der Waals surface area contributed by atoms with E-state index in [1.807, 2.05) is 41.5 Å². The molecule has 30 heavy (non-hydrogen) atoms. The van der Waals surface area contributed by atoms with Gasteiger partial charge in [-0.2, -0.15) is 0 Å². The lowest BCUT2D eigenvalue weighted by Gasteiger charge is -2.41. The molecule has 0 aromatic heterocycles. The highest BCUT2D eigenvalue weighted by molar-refractivity contribution is 6.62. The number of rotatable bonds is 18. The second-order valence-electron chi connectivity index (χ2n) is 6.97. The molecular weight excluding hydrogens is 422 g/mol. The van der Waals surface area contributed by atoms with Crippen molar-refractivity contribution in [2.24, 2.45) is 0 Å². The van der Waals surface area contributed by atoms with Crippen LogP contribution in [0.2, 0.25) is 6.04 Å². The van der Waals surface area contributed by atoms with Crippen molar-refractivity contribution in [2.75, 3.05) is 52.8 Å². The van der Waals surface area contributed by atoms with Crippen molar-refractivity contribution in [1.29, 1.82) is 0 Å². The fourth-order valence-corrected chi connectivity index (χ4v) is 9.60. The van der Waals surface area contributed by atoms with E-state index in [2.05, 4.69) is 5.32 Å². The average Bonchev–Trinajstić information content (AvgIpc) is 2.73. The summed E-state index contributed by atoms with van der Waals surface area (Å²) in [5, 5.41) is 3.58. The van der Waals surface area contributed by atoms with Gasteiger partial charge in [-0.25, -0.2) is 0 Å². The predicted octanol–water partition coefficient (Wildman–Crippen LogP) is 3.15. The zero-order chi connectivity index (χ0) is 22.3. The van der Waals surface area contributed by atoms with Gasteiger partial charge in [0.05, 0.1) is 6.10 Å². The number of piperidine rings is 1. The van der Waals surface area contributed by atoms with Crippen molar-refractivity contribution in [1.82, 2.24) is 5.32 Å². The molecule has 10 heteroatoms. The number of ether oxygens (including phenoxy) is 1. The van der Waals surface area contributed by atoms with Gasteiger partial charge in [-0.3, -0.25) is 0 Å². The maximum Gasteiger partial charge on any atom is 0.521 e. The van der Waals surface area contributed by atoms with Gasteiger partial charge in [-0.1, -0.05) is 0 Å². The summed E-state index contributed by atoms with van der Waals surface area (Å²) >= 11 is 0. The molecule has 1 aliphatic rings. The highest BCUT2D eigenvalue weighted by Crippen LogP contribution is 2.26. The van der Waals surface area contributed by atoms with Crippen LogP contribution < -0.4 is 5.32 Å². The summed E-state index contributed by atoms with van der Waals surface area (Å²) in [5.74, 6) is 0. The fraction of sp³-hybridized carbons (Fsp3) is 1.00. The highest BCUT2D eigenvalue weighted by atomic mass is 28.4. The monoisotopic (exact) mass is 467 g/mol. The first kappa shape index (κ1) is 28.1. The van der Waals surface area contributed by atoms with Crippen molar-refractivity contribution in [2.45, 2.75) is 78.6 Å². The Hall–Kier alpha value is 0.114. The van der Waals surface area contributed by atoms with Crippen molar-refractivity contribution in [3.63, 3.8) is 0 Å². The van der Waals surface area contributed by atoms with Crippen molar-refractivity contribution >= 4 is 17.6 Å². The van der Waals surface area contributed by atoms with Crippen molar-refractivity contribution < 1.29 is 31.3 Å². The van der Waals surface area contributed by atoms with Crippen LogP contribution in [0, 0.1) is 0 Å². The maximum atomic E-state index is 6.36. The molecule has 0 radical (unpaired) electrons. The molecule has 0 amide bonds. The van der Waals surface area contributed by atoms with Crippen molar-refractivity contribution in [3.05, 3.63) is 0 Å². The summed E-state index contributed by atoms with van der Waals surface area (Å²) in [5.41, 5.74) is -0.0567. The number of nitrogens with one attached hydrogen (secondary N) is 1. The molecule has 0 aromatic rings. The van der Waals surface area contributed by atoms with Gasteiger partial charge in [-0.05, 0) is 67.3 Å². The van der Waals surface area contributed by atoms with E-state index < -0.39 is 17.6 Å². The molecule has 0 spiro atoms. The summed E-state index contributed by atoms with van der Waals surface area (Å²) in [4.78, 5) is 0. The van der Waals surface area contributed by atoms with Gasteiger partial charge in [0.25, 0.3) is 0 Å². The summed E-state index contributed by atoms with van der Waals surface area (Å²) in [6.07, 6.45) is 2.84. The van der Waals surface area contributed by atoms with Gasteiger partial charge in [-0.15, -0.1) is 0 Å². The number of hydrogen-bond donors (Lipinski definition) is 1. The van der Waals surface area contributed by atoms with E-state index in [1.54, 1.807) is 0 Å². The molecule has 0 aliphatic carbocycles. The molecule has 0 bridgehead atoms. The Morgan fingerprint density at radius 2 is 1.23 bits per heavy atom. The SMILES string of the molecule is CCO[Si](CCCOC1CCCNC1[Si](OCC)(OCC)OCC)(OCC)OCC. The molecule has 8 nitrogen and oxygen atoms in total. The van der Waals surface area contributed by atoms with Crippen LogP contribution in [-0.2, 0) is 31.3 Å². The zero-order valence-corrected chi connectivity index (χ0v) is 22.0. The summed E-state index contributed by atoms with van der Waals surface area (Å²) in [7, 11) is -5.53. The lowest BCUT2D eigenvalue weighted by molar-refractivity contribution is -0.0170. The van der Waals surface area contributed by atoms with E-state index in [0.29, 0.717) is 46.2 Å². The second kappa shape index (κ2) is 15.8. The fourth-order valence-electron chi connectivity index (χ4n) is 3.91.